The molecule has 2 aromatic rings. The van der Waals surface area contributed by atoms with E-state index in [1.807, 2.05) is 47.1 Å². The summed E-state index contributed by atoms with van der Waals surface area (Å²) in [5.74, 6) is 0.785. The topological polar surface area (TPSA) is 75.1 Å². The molecule has 0 spiro atoms. The molecule has 2 heterocycles. The van der Waals surface area contributed by atoms with E-state index in [2.05, 4.69) is 25.0 Å². The van der Waals surface area contributed by atoms with Gasteiger partial charge in [0.15, 0.2) is 15.9 Å². The normalized spacial score (nSPS) is 12.4. The molecule has 1 atom stereocenters. The predicted molar refractivity (Wildman–Crippen MR) is 95.3 cm³/mol. The highest BCUT2D eigenvalue weighted by Crippen LogP contribution is 2.21. The average Bonchev–Trinajstić information content (AvgIpc) is 2.74. The molecule has 2 aromatic heterocycles. The number of aryl methyl sites for hydroxylation is 2. The maximum absolute atomic E-state index is 12.5. The molecular formula is C15H25N6OS+. The Hall–Kier alpha value is -1.93. The number of nitrogens with zero attached hydrogens (tertiary/aromatic N) is 4. The smallest absolute Gasteiger partial charge is 0.198 e. The zero-order valence-electron chi connectivity index (χ0n) is 14.3. The van der Waals surface area contributed by atoms with Crippen LogP contribution in [0.4, 0.5) is 11.5 Å². The zero-order chi connectivity index (χ0) is 17.0. The third kappa shape index (κ3) is 4.52. The Labute approximate surface area is 139 Å². The maximum atomic E-state index is 12.5. The van der Waals surface area contributed by atoms with Gasteiger partial charge in [0.05, 0.1) is 17.6 Å². The molecule has 126 valence electrons. The Morgan fingerprint density at radius 3 is 2.57 bits per heavy atom. The van der Waals surface area contributed by atoms with Crippen molar-refractivity contribution in [2.75, 3.05) is 37.2 Å². The zero-order valence-corrected chi connectivity index (χ0v) is 15.2. The molecule has 7 nitrogen and oxygen atoms in total. The monoisotopic (exact) mass is 337 g/mol. The molecule has 0 saturated heterocycles. The van der Waals surface area contributed by atoms with Gasteiger partial charge < -0.3 is 10.2 Å². The number of aromatic nitrogens is 3. The van der Waals surface area contributed by atoms with Gasteiger partial charge in [0.2, 0.25) is 0 Å². The van der Waals surface area contributed by atoms with E-state index in [0.717, 1.165) is 36.0 Å². The van der Waals surface area contributed by atoms with Crippen molar-refractivity contribution in [3.63, 3.8) is 0 Å². The first-order chi connectivity index (χ1) is 10.9. The molecule has 0 saturated carbocycles. The highest BCUT2D eigenvalue weighted by molar-refractivity contribution is 7.86. The van der Waals surface area contributed by atoms with Crippen LogP contribution in [0, 0.1) is 13.8 Å². The van der Waals surface area contributed by atoms with Crippen LogP contribution in [0.25, 0.3) is 0 Å². The Balaban J connectivity index is 2.00. The molecule has 0 aliphatic heterocycles. The van der Waals surface area contributed by atoms with Gasteiger partial charge in [0.1, 0.15) is 11.5 Å². The van der Waals surface area contributed by atoms with Gasteiger partial charge in [-0.25, -0.2) is 4.98 Å². The molecule has 1 unspecified atom stereocenters. The summed E-state index contributed by atoms with van der Waals surface area (Å²) in [5.41, 5.74) is 2.62. The van der Waals surface area contributed by atoms with Gasteiger partial charge in [-0.3, -0.25) is 4.68 Å². The molecule has 8 heteroatoms. The quantitative estimate of drug-likeness (QED) is 0.591. The van der Waals surface area contributed by atoms with E-state index in [1.54, 1.807) is 10.9 Å². The largest absolute Gasteiger partial charge is 0.369 e. The van der Waals surface area contributed by atoms with Crippen molar-refractivity contribution in [1.82, 2.24) is 19.7 Å². The minimum atomic E-state index is -1.76. The summed E-state index contributed by atoms with van der Waals surface area (Å²) >= 11 is 0. The molecular weight excluding hydrogens is 312 g/mol. The van der Waals surface area contributed by atoms with Crippen LogP contribution >= 0.6 is 0 Å². The second kappa shape index (κ2) is 7.56. The summed E-state index contributed by atoms with van der Waals surface area (Å²) < 4.78 is 17.3. The molecule has 0 amide bonds. The molecule has 0 radical (unpaired) electrons. The van der Waals surface area contributed by atoms with E-state index in [0.29, 0.717) is 4.90 Å². The lowest BCUT2D eigenvalue weighted by molar-refractivity contribution is 0.425. The van der Waals surface area contributed by atoms with Crippen LogP contribution in [0.15, 0.2) is 23.2 Å². The van der Waals surface area contributed by atoms with E-state index >= 15 is 0 Å². The fourth-order valence-electron chi connectivity index (χ4n) is 2.12. The highest BCUT2D eigenvalue weighted by atomic mass is 32.2. The van der Waals surface area contributed by atoms with Crippen LogP contribution < -0.4 is 10.0 Å². The Bertz CT molecular complexity index is 680. The Morgan fingerprint density at radius 2 is 2.04 bits per heavy atom. The fraction of sp³-hybridized carbons (Fsp3) is 0.467. The van der Waals surface area contributed by atoms with Gasteiger partial charge >= 0.3 is 0 Å². The standard InChI is InChI=1S/C15H24N6OS/c1-11-15(12(2)21(5)18-11)19-23(22)13-6-7-14(17-10-13)16-8-9-20(3)4/h6-7,10H,8-9H2,1-5H3,(H,16,17)(H,19,22)/p+1. The van der Waals surface area contributed by atoms with Crippen molar-refractivity contribution < 1.29 is 4.21 Å². The van der Waals surface area contributed by atoms with E-state index in [1.165, 1.54) is 0 Å². The molecule has 0 bridgehead atoms. The summed E-state index contributed by atoms with van der Waals surface area (Å²) in [4.78, 5) is 7.08. The number of hydrogen-bond acceptors (Lipinski definition) is 5. The number of hydrogen-bond donors (Lipinski definition) is 2. The van der Waals surface area contributed by atoms with E-state index in [-0.39, 0.29) is 0 Å². The highest BCUT2D eigenvalue weighted by Gasteiger charge is 2.17. The van der Waals surface area contributed by atoms with Gasteiger partial charge in [-0.05, 0) is 34.0 Å². The lowest BCUT2D eigenvalue weighted by atomic mass is 10.3. The first-order valence-electron chi connectivity index (χ1n) is 7.47. The summed E-state index contributed by atoms with van der Waals surface area (Å²) in [6.45, 7) is 5.59. The lowest BCUT2D eigenvalue weighted by Gasteiger charge is -2.10. The average molecular weight is 337 g/mol. The molecule has 2 N–H and O–H groups in total. The van der Waals surface area contributed by atoms with Crippen LogP contribution in [0.5, 0.6) is 0 Å². The summed E-state index contributed by atoms with van der Waals surface area (Å²) in [6, 6.07) is 3.68. The first kappa shape index (κ1) is 17.4. The van der Waals surface area contributed by atoms with Crippen molar-refractivity contribution in [1.29, 1.82) is 0 Å². The SMILES string of the molecule is Cc1nn(C)c(C)c1N[SH+](=O)c1ccc(NCCN(C)C)nc1. The van der Waals surface area contributed by atoms with Gasteiger partial charge in [0, 0.05) is 26.2 Å². The predicted octanol–water partition coefficient (Wildman–Crippen LogP) is 1.49. The fourth-order valence-corrected chi connectivity index (χ4v) is 3.15. The van der Waals surface area contributed by atoms with Crippen LogP contribution in [-0.4, -0.2) is 46.8 Å². The maximum Gasteiger partial charge on any atom is 0.198 e. The molecule has 23 heavy (non-hydrogen) atoms. The molecule has 0 aliphatic carbocycles. The van der Waals surface area contributed by atoms with E-state index < -0.39 is 11.0 Å². The molecule has 2 rings (SSSR count). The van der Waals surface area contributed by atoms with Gasteiger partial charge in [-0.15, -0.1) is 0 Å². The van der Waals surface area contributed by atoms with Crippen molar-refractivity contribution >= 4 is 22.5 Å². The number of rotatable bonds is 7. The number of pyridine rings is 1. The van der Waals surface area contributed by atoms with Crippen molar-refractivity contribution in [3.8, 4) is 0 Å². The number of anilines is 2. The van der Waals surface area contributed by atoms with Gasteiger partial charge in [-0.1, -0.05) is 4.21 Å². The van der Waals surface area contributed by atoms with E-state index in [9.17, 15) is 4.21 Å². The third-order valence-electron chi connectivity index (χ3n) is 3.57. The van der Waals surface area contributed by atoms with E-state index in [4.69, 9.17) is 0 Å². The van der Waals surface area contributed by atoms with Crippen LogP contribution in [0.3, 0.4) is 0 Å². The summed E-state index contributed by atoms with van der Waals surface area (Å²) in [7, 11) is 4.16. The van der Waals surface area contributed by atoms with Gasteiger partial charge in [0.25, 0.3) is 0 Å². The summed E-state index contributed by atoms with van der Waals surface area (Å²) in [6.07, 6.45) is 1.64. The second-order valence-electron chi connectivity index (χ2n) is 5.71. The minimum absolute atomic E-state index is 0.667. The van der Waals surface area contributed by atoms with Crippen molar-refractivity contribution in [3.05, 3.63) is 29.7 Å². The van der Waals surface area contributed by atoms with Crippen molar-refractivity contribution in [2.45, 2.75) is 18.7 Å². The van der Waals surface area contributed by atoms with Crippen LogP contribution in [0.2, 0.25) is 0 Å². The molecule has 0 aliphatic rings. The van der Waals surface area contributed by atoms with Gasteiger partial charge in [-0.2, -0.15) is 9.82 Å². The third-order valence-corrected chi connectivity index (χ3v) is 4.73. The number of thiol groups is 1. The van der Waals surface area contributed by atoms with Crippen LogP contribution in [-0.2, 0) is 22.2 Å². The summed E-state index contributed by atoms with van der Waals surface area (Å²) in [5, 5.41) is 7.55. The molecule has 0 fully saturated rings. The van der Waals surface area contributed by atoms with Crippen molar-refractivity contribution in [2.24, 2.45) is 7.05 Å². The Kier molecular flexibility index (Phi) is 5.73. The molecule has 0 aromatic carbocycles. The second-order valence-corrected chi connectivity index (χ2v) is 7.04. The van der Waals surface area contributed by atoms with Crippen LogP contribution in [0.1, 0.15) is 11.4 Å². The Morgan fingerprint density at radius 1 is 1.30 bits per heavy atom. The first-order valence-corrected chi connectivity index (χ1v) is 8.73. The number of nitrogens with one attached hydrogen (secondary N) is 2. The lowest BCUT2D eigenvalue weighted by Crippen LogP contribution is -2.21. The number of likely N-dealkylation sites (N-methyl/N-ethyl adjacent to an activating group) is 1. The minimum Gasteiger partial charge on any atom is -0.369 e.